The van der Waals surface area contributed by atoms with Crippen LogP contribution < -0.4 is 10.6 Å². The molecule has 0 amide bonds. The van der Waals surface area contributed by atoms with Crippen molar-refractivity contribution in [3.8, 4) is 22.3 Å². The molecule has 202 valence electrons. The molecule has 8 rings (SSSR count). The molecule has 5 aromatic carbocycles. The fourth-order valence-electron chi connectivity index (χ4n) is 7.00. The Morgan fingerprint density at radius 2 is 1.49 bits per heavy atom. The summed E-state index contributed by atoms with van der Waals surface area (Å²) in [6.45, 7) is 3.39. The summed E-state index contributed by atoms with van der Waals surface area (Å²) in [6, 6.07) is 37.3. The highest BCUT2D eigenvalue weighted by Crippen LogP contribution is 2.48. The van der Waals surface area contributed by atoms with Crippen LogP contribution in [0.15, 0.2) is 108 Å². The van der Waals surface area contributed by atoms with Crippen LogP contribution in [-0.4, -0.2) is 29.7 Å². The molecule has 2 N–H and O–H groups in total. The first-order chi connectivity index (χ1) is 20.1. The van der Waals surface area contributed by atoms with Crippen LogP contribution in [0, 0.1) is 0 Å². The molecule has 2 aliphatic heterocycles. The monoisotopic (exact) mass is 537 g/mol. The van der Waals surface area contributed by atoms with Gasteiger partial charge in [-0.25, -0.2) is 4.79 Å². The fourth-order valence-corrected chi connectivity index (χ4v) is 7.00. The SMILES string of the molecule is O=c1[nH]c2ccc(CN3CC4(CCOCC4)c4cc(-c5ccc(-c6cccc7ccccc67)cc5)ccc43)cc2[nH]1. The summed E-state index contributed by atoms with van der Waals surface area (Å²) in [6.07, 6.45) is 2.06. The van der Waals surface area contributed by atoms with Crippen molar-refractivity contribution in [2.45, 2.75) is 24.8 Å². The Labute approximate surface area is 238 Å². The normalized spacial score (nSPS) is 16.0. The van der Waals surface area contributed by atoms with E-state index in [0.29, 0.717) is 0 Å². The molecule has 2 aliphatic rings. The van der Waals surface area contributed by atoms with E-state index in [9.17, 15) is 4.79 Å². The highest BCUT2D eigenvalue weighted by atomic mass is 16.5. The third-order valence-corrected chi connectivity index (χ3v) is 9.12. The maximum absolute atomic E-state index is 11.8. The molecule has 0 saturated carbocycles. The Bertz CT molecular complexity index is 1960. The average molecular weight is 538 g/mol. The summed E-state index contributed by atoms with van der Waals surface area (Å²) < 4.78 is 5.82. The molecule has 0 bridgehead atoms. The Morgan fingerprint density at radius 3 is 2.37 bits per heavy atom. The van der Waals surface area contributed by atoms with Crippen molar-refractivity contribution >= 4 is 27.5 Å². The smallest absolute Gasteiger partial charge is 0.323 e. The molecule has 5 nitrogen and oxygen atoms in total. The second-order valence-corrected chi connectivity index (χ2v) is 11.5. The molecule has 5 heteroatoms. The van der Waals surface area contributed by atoms with Crippen molar-refractivity contribution in [1.29, 1.82) is 0 Å². The molecule has 0 unspecified atom stereocenters. The number of aromatic nitrogens is 2. The second-order valence-electron chi connectivity index (χ2n) is 11.5. The lowest BCUT2D eigenvalue weighted by Crippen LogP contribution is -2.38. The molecule has 1 spiro atoms. The van der Waals surface area contributed by atoms with Gasteiger partial charge in [0.2, 0.25) is 0 Å². The van der Waals surface area contributed by atoms with Crippen LogP contribution in [-0.2, 0) is 16.7 Å². The van der Waals surface area contributed by atoms with E-state index in [1.54, 1.807) is 0 Å². The Morgan fingerprint density at radius 1 is 0.732 bits per heavy atom. The highest BCUT2D eigenvalue weighted by Gasteiger charge is 2.43. The molecular weight excluding hydrogens is 506 g/mol. The molecular formula is C36H31N3O2. The quantitative estimate of drug-likeness (QED) is 0.246. The third kappa shape index (κ3) is 4.16. The molecule has 1 saturated heterocycles. The van der Waals surface area contributed by atoms with Crippen molar-refractivity contribution in [3.05, 3.63) is 125 Å². The van der Waals surface area contributed by atoms with E-state index < -0.39 is 0 Å². The topological polar surface area (TPSA) is 61.1 Å². The van der Waals surface area contributed by atoms with Crippen LogP contribution in [0.2, 0.25) is 0 Å². The van der Waals surface area contributed by atoms with Crippen LogP contribution in [0.25, 0.3) is 44.1 Å². The van der Waals surface area contributed by atoms with Crippen molar-refractivity contribution in [2.75, 3.05) is 24.7 Å². The van der Waals surface area contributed by atoms with E-state index in [1.165, 1.54) is 49.8 Å². The number of ether oxygens (including phenoxy) is 1. The number of hydrogen-bond acceptors (Lipinski definition) is 3. The zero-order chi connectivity index (χ0) is 27.4. The Balaban J connectivity index is 1.14. The van der Waals surface area contributed by atoms with Gasteiger partial charge in [-0.05, 0) is 81.3 Å². The van der Waals surface area contributed by atoms with Crippen molar-refractivity contribution in [2.24, 2.45) is 0 Å². The van der Waals surface area contributed by atoms with Gasteiger partial charge in [0.25, 0.3) is 0 Å². The van der Waals surface area contributed by atoms with Gasteiger partial charge in [-0.3, -0.25) is 0 Å². The average Bonchev–Trinajstić information content (AvgIpc) is 3.53. The Kier molecular flexibility index (Phi) is 5.61. The van der Waals surface area contributed by atoms with Gasteiger partial charge in [0.1, 0.15) is 0 Å². The lowest BCUT2D eigenvalue weighted by molar-refractivity contribution is 0.0553. The number of nitrogens with one attached hydrogen (secondary N) is 2. The summed E-state index contributed by atoms with van der Waals surface area (Å²) >= 11 is 0. The molecule has 0 atom stereocenters. The van der Waals surface area contributed by atoms with Gasteiger partial charge in [-0.1, -0.05) is 78.9 Å². The number of fused-ring (bicyclic) bond motifs is 4. The fraction of sp³-hybridized carbons (Fsp3) is 0.194. The van der Waals surface area contributed by atoms with Gasteiger partial charge in [-0.2, -0.15) is 0 Å². The van der Waals surface area contributed by atoms with Gasteiger partial charge >= 0.3 is 5.69 Å². The Hall–Kier alpha value is -4.61. The maximum atomic E-state index is 11.8. The van der Waals surface area contributed by atoms with E-state index in [2.05, 4.69) is 112 Å². The number of imidazole rings is 1. The van der Waals surface area contributed by atoms with Crippen LogP contribution in [0.5, 0.6) is 0 Å². The van der Waals surface area contributed by atoms with E-state index in [1.807, 2.05) is 6.07 Å². The molecule has 3 heterocycles. The summed E-state index contributed by atoms with van der Waals surface area (Å²) in [5, 5.41) is 2.55. The molecule has 0 radical (unpaired) electrons. The largest absolute Gasteiger partial charge is 0.381 e. The zero-order valence-corrected chi connectivity index (χ0v) is 22.8. The van der Waals surface area contributed by atoms with Crippen LogP contribution in [0.1, 0.15) is 24.0 Å². The molecule has 0 aliphatic carbocycles. The van der Waals surface area contributed by atoms with Crippen LogP contribution in [0.4, 0.5) is 5.69 Å². The van der Waals surface area contributed by atoms with E-state index >= 15 is 0 Å². The maximum Gasteiger partial charge on any atom is 0.323 e. The number of aromatic amines is 2. The van der Waals surface area contributed by atoms with Gasteiger partial charge in [0.05, 0.1) is 11.0 Å². The standard InChI is InChI=1S/C36H31N3O2/c40-35-37-32-14-8-24(20-33(32)38-35)22-39-23-36(16-18-41-19-17-36)31-21-28(13-15-34(31)39)25-9-11-27(12-10-25)30-7-3-5-26-4-1-2-6-29(26)30/h1-15,20-21H,16-19,22-23H2,(H2,37,38,40). The van der Waals surface area contributed by atoms with E-state index in [4.69, 9.17) is 4.74 Å². The third-order valence-electron chi connectivity index (χ3n) is 9.12. The van der Waals surface area contributed by atoms with Gasteiger partial charge < -0.3 is 19.6 Å². The minimum absolute atomic E-state index is 0.0962. The summed E-state index contributed by atoms with van der Waals surface area (Å²) in [4.78, 5) is 20.0. The van der Waals surface area contributed by atoms with Gasteiger partial charge in [0, 0.05) is 37.4 Å². The zero-order valence-electron chi connectivity index (χ0n) is 22.8. The van der Waals surface area contributed by atoms with Crippen molar-refractivity contribution in [1.82, 2.24) is 9.97 Å². The first-order valence-electron chi connectivity index (χ1n) is 14.4. The van der Waals surface area contributed by atoms with E-state index in [0.717, 1.165) is 50.2 Å². The summed E-state index contributed by atoms with van der Waals surface area (Å²) in [7, 11) is 0. The number of anilines is 1. The number of rotatable bonds is 4. The lowest BCUT2D eigenvalue weighted by atomic mass is 9.75. The molecule has 1 fully saturated rings. The van der Waals surface area contributed by atoms with E-state index in [-0.39, 0.29) is 11.1 Å². The number of nitrogens with zero attached hydrogens (tertiary/aromatic N) is 1. The first kappa shape index (κ1) is 24.2. The summed E-state index contributed by atoms with van der Waals surface area (Å²) in [5.74, 6) is 0. The summed E-state index contributed by atoms with van der Waals surface area (Å²) in [5.41, 5.74) is 10.6. The van der Waals surface area contributed by atoms with Crippen LogP contribution in [0.3, 0.4) is 0 Å². The number of hydrogen-bond donors (Lipinski definition) is 2. The lowest BCUT2D eigenvalue weighted by Gasteiger charge is -2.34. The first-order valence-corrected chi connectivity index (χ1v) is 14.4. The van der Waals surface area contributed by atoms with Crippen LogP contribution >= 0.6 is 0 Å². The molecule has 1 aromatic heterocycles. The molecule has 6 aromatic rings. The highest BCUT2D eigenvalue weighted by molar-refractivity contribution is 5.96. The predicted octanol–water partition coefficient (Wildman–Crippen LogP) is 7.41. The predicted molar refractivity (Wildman–Crippen MR) is 167 cm³/mol. The number of H-pyrrole nitrogens is 2. The van der Waals surface area contributed by atoms with Crippen molar-refractivity contribution < 1.29 is 4.74 Å². The second kappa shape index (κ2) is 9.50. The molecule has 41 heavy (non-hydrogen) atoms. The van der Waals surface area contributed by atoms with Crippen molar-refractivity contribution in [3.63, 3.8) is 0 Å². The minimum atomic E-state index is -0.164. The minimum Gasteiger partial charge on any atom is -0.381 e. The van der Waals surface area contributed by atoms with Gasteiger partial charge in [-0.15, -0.1) is 0 Å². The van der Waals surface area contributed by atoms with Gasteiger partial charge in [0.15, 0.2) is 0 Å². The number of benzene rings is 5.